The lowest BCUT2D eigenvalue weighted by Gasteiger charge is -2.44. The molecule has 5 atom stereocenters. The highest BCUT2D eigenvalue weighted by atomic mass is 28.4. The predicted octanol–water partition coefficient (Wildman–Crippen LogP) is 5.86. The Bertz CT molecular complexity index is 1360. The van der Waals surface area contributed by atoms with Gasteiger partial charge >= 0.3 is 0 Å². The molecule has 2 fully saturated rings. The summed E-state index contributed by atoms with van der Waals surface area (Å²) in [5.74, 6) is 0. The molecule has 6 heteroatoms. The maximum absolute atomic E-state index is 7.29. The molecule has 0 unspecified atom stereocenters. The molecule has 42 heavy (non-hydrogen) atoms. The van der Waals surface area contributed by atoms with E-state index in [9.17, 15) is 0 Å². The van der Waals surface area contributed by atoms with E-state index in [4.69, 9.17) is 23.4 Å². The van der Waals surface area contributed by atoms with Gasteiger partial charge in [-0.1, -0.05) is 142 Å². The lowest BCUT2D eigenvalue weighted by atomic mass is 10.0. The second-order valence-corrected chi connectivity index (χ2v) is 16.4. The summed E-state index contributed by atoms with van der Waals surface area (Å²) < 4.78 is 33.0. The Labute approximate surface area is 250 Å². The molecular formula is C36H40O5Si. The van der Waals surface area contributed by atoms with Gasteiger partial charge in [0, 0.05) is 0 Å². The highest BCUT2D eigenvalue weighted by Gasteiger charge is 2.59. The molecule has 6 rings (SSSR count). The van der Waals surface area contributed by atoms with Crippen LogP contribution in [-0.2, 0) is 36.6 Å². The SMILES string of the molecule is CC(C)(C)[Si](OC[C@H]1O[C@H]2O[C@@H]2[C@@H](OCc2ccccc2)[C@H]1OCc1ccccc1)(c1ccccc1)c1ccccc1. The van der Waals surface area contributed by atoms with Crippen molar-refractivity contribution in [1.82, 2.24) is 0 Å². The molecule has 0 aromatic heterocycles. The fraction of sp³-hybridized carbons (Fsp3) is 0.333. The smallest absolute Gasteiger partial charge is 0.261 e. The number of ether oxygens (including phenoxy) is 4. The van der Waals surface area contributed by atoms with Crippen molar-refractivity contribution in [3.05, 3.63) is 132 Å². The highest BCUT2D eigenvalue weighted by Crippen LogP contribution is 2.41. The minimum Gasteiger partial charge on any atom is -0.405 e. The summed E-state index contributed by atoms with van der Waals surface area (Å²) in [6.45, 7) is 8.16. The van der Waals surface area contributed by atoms with Gasteiger partial charge in [0.1, 0.15) is 24.4 Å². The van der Waals surface area contributed by atoms with Crippen LogP contribution in [0.5, 0.6) is 0 Å². The van der Waals surface area contributed by atoms with Crippen LogP contribution in [0.25, 0.3) is 0 Å². The first-order valence-electron chi connectivity index (χ1n) is 14.8. The molecule has 5 nitrogen and oxygen atoms in total. The van der Waals surface area contributed by atoms with Crippen molar-refractivity contribution in [2.45, 2.75) is 69.7 Å². The zero-order valence-electron chi connectivity index (χ0n) is 24.6. The minimum absolute atomic E-state index is 0.146. The molecule has 0 spiro atoms. The van der Waals surface area contributed by atoms with Gasteiger partial charge in [-0.15, -0.1) is 0 Å². The Balaban J connectivity index is 1.30. The van der Waals surface area contributed by atoms with Gasteiger partial charge in [-0.3, -0.25) is 0 Å². The molecule has 0 amide bonds. The number of benzene rings is 4. The van der Waals surface area contributed by atoms with Crippen LogP contribution in [0.2, 0.25) is 5.04 Å². The van der Waals surface area contributed by atoms with Crippen LogP contribution in [0.1, 0.15) is 31.9 Å². The van der Waals surface area contributed by atoms with Gasteiger partial charge in [0.2, 0.25) is 0 Å². The molecule has 0 bridgehead atoms. The van der Waals surface area contributed by atoms with Crippen molar-refractivity contribution in [1.29, 1.82) is 0 Å². The van der Waals surface area contributed by atoms with Gasteiger partial charge in [-0.2, -0.15) is 0 Å². The summed E-state index contributed by atoms with van der Waals surface area (Å²) in [6, 6.07) is 41.8. The molecule has 2 heterocycles. The van der Waals surface area contributed by atoms with E-state index in [2.05, 4.69) is 106 Å². The molecular weight excluding hydrogens is 540 g/mol. The van der Waals surface area contributed by atoms with Crippen LogP contribution in [-0.4, -0.2) is 45.6 Å². The third-order valence-corrected chi connectivity index (χ3v) is 13.3. The largest absolute Gasteiger partial charge is 0.405 e. The molecule has 0 aliphatic carbocycles. The van der Waals surface area contributed by atoms with Crippen molar-refractivity contribution in [3.63, 3.8) is 0 Å². The summed E-state index contributed by atoms with van der Waals surface area (Å²) in [4.78, 5) is 0. The monoisotopic (exact) mass is 580 g/mol. The zero-order chi connectivity index (χ0) is 29.0. The summed E-state index contributed by atoms with van der Waals surface area (Å²) in [7, 11) is -2.77. The molecule has 2 aliphatic heterocycles. The first kappa shape index (κ1) is 29.0. The van der Waals surface area contributed by atoms with Crippen LogP contribution in [0.4, 0.5) is 0 Å². The number of hydrogen-bond donors (Lipinski definition) is 0. The van der Waals surface area contributed by atoms with Crippen LogP contribution >= 0.6 is 0 Å². The van der Waals surface area contributed by atoms with Crippen LogP contribution < -0.4 is 10.4 Å². The second-order valence-electron chi connectivity index (χ2n) is 12.1. The van der Waals surface area contributed by atoms with E-state index in [1.165, 1.54) is 10.4 Å². The lowest BCUT2D eigenvalue weighted by Crippen LogP contribution is -2.67. The van der Waals surface area contributed by atoms with Gasteiger partial charge in [-0.05, 0) is 26.5 Å². The van der Waals surface area contributed by atoms with Gasteiger partial charge in [0.05, 0.1) is 19.8 Å². The first-order chi connectivity index (χ1) is 20.5. The second kappa shape index (κ2) is 12.6. The maximum atomic E-state index is 7.29. The zero-order valence-corrected chi connectivity index (χ0v) is 25.6. The molecule has 4 aromatic rings. The topological polar surface area (TPSA) is 49.5 Å². The molecule has 0 radical (unpaired) electrons. The van der Waals surface area contributed by atoms with Crippen LogP contribution in [0.3, 0.4) is 0 Å². The number of epoxide rings is 1. The first-order valence-corrected chi connectivity index (χ1v) is 16.7. The summed E-state index contributed by atoms with van der Waals surface area (Å²) in [5, 5.41) is 2.32. The highest BCUT2D eigenvalue weighted by molar-refractivity contribution is 6.99. The van der Waals surface area contributed by atoms with E-state index in [1.54, 1.807) is 0 Å². The van der Waals surface area contributed by atoms with Crippen molar-refractivity contribution < 1.29 is 23.4 Å². The predicted molar refractivity (Wildman–Crippen MR) is 167 cm³/mol. The quantitative estimate of drug-likeness (QED) is 0.164. The van der Waals surface area contributed by atoms with E-state index < -0.39 is 8.32 Å². The van der Waals surface area contributed by atoms with E-state index in [-0.39, 0.29) is 35.7 Å². The maximum Gasteiger partial charge on any atom is 0.261 e. The number of rotatable bonds is 11. The van der Waals surface area contributed by atoms with E-state index in [0.29, 0.717) is 19.8 Å². The average Bonchev–Trinajstić information content (AvgIpc) is 3.80. The Morgan fingerprint density at radius 2 is 1.05 bits per heavy atom. The molecule has 0 saturated carbocycles. The summed E-state index contributed by atoms with van der Waals surface area (Å²) in [5.41, 5.74) is 2.22. The Morgan fingerprint density at radius 1 is 0.595 bits per heavy atom. The number of fused-ring (bicyclic) bond motifs is 1. The van der Waals surface area contributed by atoms with Crippen molar-refractivity contribution >= 4 is 18.7 Å². The molecule has 2 aliphatic rings. The van der Waals surface area contributed by atoms with Gasteiger partial charge < -0.3 is 23.4 Å². The summed E-state index contributed by atoms with van der Waals surface area (Å²) in [6.07, 6.45) is -1.47. The van der Waals surface area contributed by atoms with Crippen LogP contribution in [0, 0.1) is 0 Å². The summed E-state index contributed by atoms with van der Waals surface area (Å²) >= 11 is 0. The normalized spacial score (nSPS) is 23.7. The third kappa shape index (κ3) is 6.15. The van der Waals surface area contributed by atoms with Crippen molar-refractivity contribution in [2.75, 3.05) is 6.61 Å². The molecule has 2 saturated heterocycles. The van der Waals surface area contributed by atoms with Crippen LogP contribution in [0.15, 0.2) is 121 Å². The Kier molecular flexibility index (Phi) is 8.72. The minimum atomic E-state index is -2.77. The molecule has 0 N–H and O–H groups in total. The van der Waals surface area contributed by atoms with Gasteiger partial charge in [-0.25, -0.2) is 0 Å². The van der Waals surface area contributed by atoms with E-state index in [1.807, 2.05) is 36.4 Å². The van der Waals surface area contributed by atoms with Crippen molar-refractivity contribution in [3.8, 4) is 0 Å². The Hall–Kier alpha value is -3.10. The standard InChI is InChI=1S/C36H40O5Si/c1-36(2,3)42(29-20-12-6-13-21-29,30-22-14-7-15-23-30)39-26-31-32(37-24-27-16-8-4-9-17-27)33(34-35(40-31)41-34)38-25-28-18-10-5-11-19-28/h4-23,31-35H,24-26H2,1-3H3/t31-,32+,33+,34-,35+/m1/s1. The van der Waals surface area contributed by atoms with E-state index in [0.717, 1.165) is 11.1 Å². The average molecular weight is 581 g/mol. The Morgan fingerprint density at radius 3 is 1.52 bits per heavy atom. The third-order valence-electron chi connectivity index (χ3n) is 8.26. The number of hydrogen-bond acceptors (Lipinski definition) is 5. The van der Waals surface area contributed by atoms with Gasteiger partial charge in [0.25, 0.3) is 8.32 Å². The van der Waals surface area contributed by atoms with E-state index >= 15 is 0 Å². The molecule has 4 aromatic carbocycles. The fourth-order valence-electron chi connectivity index (χ4n) is 6.13. The van der Waals surface area contributed by atoms with Gasteiger partial charge in [0.15, 0.2) is 6.29 Å². The molecule has 218 valence electrons. The fourth-order valence-corrected chi connectivity index (χ4v) is 10.7. The lowest BCUT2D eigenvalue weighted by molar-refractivity contribution is -0.185. The van der Waals surface area contributed by atoms with Crippen molar-refractivity contribution in [2.24, 2.45) is 0 Å².